The SMILES string of the molecule is CCCN(CCC)C(=O)c1cccc(C(=O)N2CCC3CCC(C2)N3)c1.Cl. The summed E-state index contributed by atoms with van der Waals surface area (Å²) in [6.07, 6.45) is 5.26. The lowest BCUT2D eigenvalue weighted by atomic mass is 10.1. The molecule has 27 heavy (non-hydrogen) atoms. The van der Waals surface area contributed by atoms with Crippen LogP contribution in [0.2, 0.25) is 0 Å². The number of hydrogen-bond donors (Lipinski definition) is 1. The van der Waals surface area contributed by atoms with E-state index in [2.05, 4.69) is 19.2 Å². The van der Waals surface area contributed by atoms with Crippen LogP contribution in [0.5, 0.6) is 0 Å². The minimum absolute atomic E-state index is 0. The molecule has 0 saturated carbocycles. The molecule has 2 fully saturated rings. The molecule has 0 aliphatic carbocycles. The third-order valence-corrected chi connectivity index (χ3v) is 5.44. The number of amides is 2. The molecular formula is C21H32ClN3O2. The van der Waals surface area contributed by atoms with Crippen molar-refractivity contribution >= 4 is 24.2 Å². The zero-order chi connectivity index (χ0) is 18.5. The largest absolute Gasteiger partial charge is 0.339 e. The summed E-state index contributed by atoms with van der Waals surface area (Å²) in [5.74, 6) is 0.0754. The van der Waals surface area contributed by atoms with E-state index in [1.807, 2.05) is 28.0 Å². The van der Waals surface area contributed by atoms with Gasteiger partial charge in [0.1, 0.15) is 0 Å². The van der Waals surface area contributed by atoms with Crippen molar-refractivity contribution in [3.8, 4) is 0 Å². The smallest absolute Gasteiger partial charge is 0.253 e. The van der Waals surface area contributed by atoms with Gasteiger partial charge in [-0.25, -0.2) is 0 Å². The number of hydrogen-bond acceptors (Lipinski definition) is 3. The van der Waals surface area contributed by atoms with Gasteiger partial charge < -0.3 is 15.1 Å². The molecule has 0 aromatic heterocycles. The standard InChI is InChI=1S/C21H31N3O2.ClH/c1-3-11-23(12-4-2)20(25)16-6-5-7-17(14-16)21(26)24-13-10-18-8-9-19(15-24)22-18;/h5-7,14,18-19,22H,3-4,8-13,15H2,1-2H3;1H. The fraction of sp³-hybridized carbons (Fsp3) is 0.619. The van der Waals surface area contributed by atoms with Crippen LogP contribution >= 0.6 is 12.4 Å². The molecule has 2 amide bonds. The molecule has 6 heteroatoms. The minimum Gasteiger partial charge on any atom is -0.339 e. The minimum atomic E-state index is 0. The number of carbonyl (C=O) groups excluding carboxylic acids is 2. The Hall–Kier alpha value is -1.59. The van der Waals surface area contributed by atoms with Crippen molar-refractivity contribution in [2.24, 2.45) is 0 Å². The molecule has 0 radical (unpaired) electrons. The molecular weight excluding hydrogens is 362 g/mol. The lowest BCUT2D eigenvalue weighted by Gasteiger charge is -2.25. The molecule has 1 aromatic carbocycles. The maximum Gasteiger partial charge on any atom is 0.253 e. The van der Waals surface area contributed by atoms with E-state index in [-0.39, 0.29) is 24.2 Å². The summed E-state index contributed by atoms with van der Waals surface area (Å²) >= 11 is 0. The van der Waals surface area contributed by atoms with Gasteiger partial charge in [-0.2, -0.15) is 0 Å². The van der Waals surface area contributed by atoms with Crippen molar-refractivity contribution in [1.29, 1.82) is 0 Å². The van der Waals surface area contributed by atoms with Gasteiger partial charge in [0.2, 0.25) is 0 Å². The van der Waals surface area contributed by atoms with Crippen LogP contribution in [0.15, 0.2) is 24.3 Å². The highest BCUT2D eigenvalue weighted by molar-refractivity contribution is 5.99. The van der Waals surface area contributed by atoms with E-state index in [0.29, 0.717) is 23.2 Å². The maximum absolute atomic E-state index is 13.0. The van der Waals surface area contributed by atoms with Crippen LogP contribution in [-0.4, -0.2) is 59.9 Å². The first-order chi connectivity index (χ1) is 12.6. The number of nitrogens with one attached hydrogen (secondary N) is 1. The van der Waals surface area contributed by atoms with Gasteiger partial charge in [0.05, 0.1) is 0 Å². The van der Waals surface area contributed by atoms with Gasteiger partial charge in [0.25, 0.3) is 11.8 Å². The molecule has 0 spiro atoms. The van der Waals surface area contributed by atoms with E-state index in [1.165, 1.54) is 6.42 Å². The average Bonchev–Trinajstić information content (AvgIpc) is 2.99. The molecule has 3 rings (SSSR count). The van der Waals surface area contributed by atoms with E-state index in [1.54, 1.807) is 6.07 Å². The fourth-order valence-electron chi connectivity index (χ4n) is 4.13. The van der Waals surface area contributed by atoms with E-state index in [9.17, 15) is 9.59 Å². The molecule has 5 nitrogen and oxygen atoms in total. The monoisotopic (exact) mass is 393 g/mol. The molecule has 150 valence electrons. The summed E-state index contributed by atoms with van der Waals surface area (Å²) in [4.78, 5) is 29.7. The summed E-state index contributed by atoms with van der Waals surface area (Å²) < 4.78 is 0. The van der Waals surface area contributed by atoms with Crippen LogP contribution in [0.4, 0.5) is 0 Å². The second-order valence-corrected chi connectivity index (χ2v) is 7.55. The first-order valence-electron chi connectivity index (χ1n) is 10.1. The molecule has 2 bridgehead atoms. The first kappa shape index (κ1) is 21.7. The van der Waals surface area contributed by atoms with Crippen molar-refractivity contribution in [1.82, 2.24) is 15.1 Å². The van der Waals surface area contributed by atoms with Gasteiger partial charge in [0, 0.05) is 49.4 Å². The van der Waals surface area contributed by atoms with Crippen LogP contribution in [0.25, 0.3) is 0 Å². The van der Waals surface area contributed by atoms with E-state index >= 15 is 0 Å². The molecule has 1 N–H and O–H groups in total. The Morgan fingerprint density at radius 3 is 2.44 bits per heavy atom. The molecule has 2 aliphatic rings. The van der Waals surface area contributed by atoms with Gasteiger partial charge in [-0.1, -0.05) is 19.9 Å². The van der Waals surface area contributed by atoms with E-state index in [4.69, 9.17) is 0 Å². The Morgan fingerprint density at radius 2 is 1.74 bits per heavy atom. The zero-order valence-electron chi connectivity index (χ0n) is 16.4. The summed E-state index contributed by atoms with van der Waals surface area (Å²) in [6, 6.07) is 8.24. The van der Waals surface area contributed by atoms with Gasteiger partial charge in [-0.05, 0) is 50.3 Å². The average molecular weight is 394 g/mol. The van der Waals surface area contributed by atoms with Crippen molar-refractivity contribution in [2.45, 2.75) is 58.0 Å². The van der Waals surface area contributed by atoms with Crippen LogP contribution in [0.1, 0.15) is 66.7 Å². The number of halogens is 1. The number of rotatable bonds is 6. The number of benzene rings is 1. The predicted octanol–water partition coefficient (Wildman–Crippen LogP) is 3.34. The third-order valence-electron chi connectivity index (χ3n) is 5.44. The molecule has 1 aromatic rings. The van der Waals surface area contributed by atoms with Gasteiger partial charge in [-0.15, -0.1) is 12.4 Å². The van der Waals surface area contributed by atoms with Crippen LogP contribution in [0.3, 0.4) is 0 Å². The van der Waals surface area contributed by atoms with Crippen LogP contribution in [0, 0.1) is 0 Å². The van der Waals surface area contributed by atoms with Crippen molar-refractivity contribution < 1.29 is 9.59 Å². The van der Waals surface area contributed by atoms with Gasteiger partial charge in [0.15, 0.2) is 0 Å². The molecule has 2 aliphatic heterocycles. The Kier molecular flexibility index (Phi) is 8.11. The quantitative estimate of drug-likeness (QED) is 0.806. The summed E-state index contributed by atoms with van der Waals surface area (Å²) in [5.41, 5.74) is 1.24. The highest BCUT2D eigenvalue weighted by Gasteiger charge is 2.31. The Balaban J connectivity index is 0.00000261. The molecule has 2 unspecified atom stereocenters. The normalized spacial score (nSPS) is 21.3. The second-order valence-electron chi connectivity index (χ2n) is 7.55. The fourth-order valence-corrected chi connectivity index (χ4v) is 4.13. The third kappa shape index (κ3) is 5.23. The highest BCUT2D eigenvalue weighted by Crippen LogP contribution is 2.22. The number of nitrogens with zero attached hydrogens (tertiary/aromatic N) is 2. The summed E-state index contributed by atoms with van der Waals surface area (Å²) in [5, 5.41) is 3.61. The number of likely N-dealkylation sites (tertiary alicyclic amines) is 1. The van der Waals surface area contributed by atoms with Gasteiger partial charge in [-0.3, -0.25) is 9.59 Å². The Labute approximate surface area is 168 Å². The molecule has 2 saturated heterocycles. The highest BCUT2D eigenvalue weighted by atomic mass is 35.5. The van der Waals surface area contributed by atoms with E-state index < -0.39 is 0 Å². The van der Waals surface area contributed by atoms with Crippen molar-refractivity contribution in [3.63, 3.8) is 0 Å². The lowest BCUT2D eigenvalue weighted by molar-refractivity contribution is 0.0748. The van der Waals surface area contributed by atoms with E-state index in [0.717, 1.165) is 51.9 Å². The predicted molar refractivity (Wildman–Crippen MR) is 111 cm³/mol. The Morgan fingerprint density at radius 1 is 1.07 bits per heavy atom. The number of carbonyl (C=O) groups is 2. The first-order valence-corrected chi connectivity index (χ1v) is 10.1. The molecule has 2 heterocycles. The lowest BCUT2D eigenvalue weighted by Crippen LogP contribution is -2.39. The zero-order valence-corrected chi connectivity index (χ0v) is 17.3. The van der Waals surface area contributed by atoms with Crippen LogP contribution < -0.4 is 5.32 Å². The van der Waals surface area contributed by atoms with Crippen molar-refractivity contribution in [3.05, 3.63) is 35.4 Å². The second kappa shape index (κ2) is 10.1. The maximum atomic E-state index is 13.0. The van der Waals surface area contributed by atoms with Gasteiger partial charge >= 0.3 is 0 Å². The summed E-state index contributed by atoms with van der Waals surface area (Å²) in [6.45, 7) is 7.24. The van der Waals surface area contributed by atoms with Crippen molar-refractivity contribution in [2.75, 3.05) is 26.2 Å². The van der Waals surface area contributed by atoms with Crippen LogP contribution in [-0.2, 0) is 0 Å². The topological polar surface area (TPSA) is 52.7 Å². The number of fused-ring (bicyclic) bond motifs is 2. The molecule has 2 atom stereocenters. The Bertz CT molecular complexity index is 646. The summed E-state index contributed by atoms with van der Waals surface area (Å²) in [7, 11) is 0.